The van der Waals surface area contributed by atoms with Crippen molar-refractivity contribution in [1.29, 1.82) is 0 Å². The standard InChI is InChI=1S/C16H19N5O4S/c1-20-7-13(19-11-20)14(22)21-9-16(10-21)12(3-6-26(16,23)24)8-25-15-17-4-2-5-18-15/h2,4-5,7,11-12H,3,6,8-10H2,1H3/t12-/m1/s1. The van der Waals surface area contributed by atoms with Crippen molar-refractivity contribution in [2.45, 2.75) is 11.2 Å². The molecular formula is C16H19N5O4S. The maximum absolute atomic E-state index is 12.7. The molecule has 4 rings (SSSR count). The molecule has 1 atom stereocenters. The third kappa shape index (κ3) is 2.64. The van der Waals surface area contributed by atoms with Crippen molar-refractivity contribution < 1.29 is 17.9 Å². The van der Waals surface area contributed by atoms with E-state index in [4.69, 9.17) is 4.74 Å². The van der Waals surface area contributed by atoms with Crippen molar-refractivity contribution in [2.24, 2.45) is 13.0 Å². The fourth-order valence-corrected chi connectivity index (χ4v) is 6.07. The number of carbonyl (C=O) groups excluding carboxylic acids is 1. The Morgan fingerprint density at radius 1 is 1.31 bits per heavy atom. The fourth-order valence-electron chi connectivity index (χ4n) is 3.67. The van der Waals surface area contributed by atoms with E-state index in [2.05, 4.69) is 15.0 Å². The molecular weight excluding hydrogens is 358 g/mol. The number of aromatic nitrogens is 4. The molecule has 9 nitrogen and oxygen atoms in total. The lowest BCUT2D eigenvalue weighted by Gasteiger charge is -2.49. The van der Waals surface area contributed by atoms with Gasteiger partial charge in [0, 0.05) is 44.6 Å². The van der Waals surface area contributed by atoms with Gasteiger partial charge in [-0.1, -0.05) is 0 Å². The quantitative estimate of drug-likeness (QED) is 0.733. The zero-order valence-electron chi connectivity index (χ0n) is 14.3. The van der Waals surface area contributed by atoms with E-state index in [9.17, 15) is 13.2 Å². The lowest BCUT2D eigenvalue weighted by molar-refractivity contribution is 0.0398. The average Bonchev–Trinajstić information content (AvgIpc) is 3.13. The van der Waals surface area contributed by atoms with Crippen molar-refractivity contribution in [3.63, 3.8) is 0 Å². The second-order valence-corrected chi connectivity index (χ2v) is 9.25. The SMILES string of the molecule is Cn1cnc(C(=O)N2CC3(C2)[C@@H](COc2ncccn2)CCS3(=O)=O)c1. The number of amides is 1. The summed E-state index contributed by atoms with van der Waals surface area (Å²) in [6, 6.07) is 1.91. The molecule has 0 unspecified atom stereocenters. The Kier molecular flexibility index (Phi) is 3.94. The van der Waals surface area contributed by atoms with E-state index in [0.29, 0.717) is 12.1 Å². The predicted molar refractivity (Wildman–Crippen MR) is 91.3 cm³/mol. The van der Waals surface area contributed by atoms with Crippen molar-refractivity contribution in [3.05, 3.63) is 36.7 Å². The summed E-state index contributed by atoms with van der Waals surface area (Å²) in [5.74, 6) is -0.323. The second-order valence-electron chi connectivity index (χ2n) is 6.80. The molecule has 0 radical (unpaired) electrons. The first kappa shape index (κ1) is 17.0. The van der Waals surface area contributed by atoms with Crippen molar-refractivity contribution in [2.75, 3.05) is 25.4 Å². The molecule has 2 aromatic rings. The summed E-state index contributed by atoms with van der Waals surface area (Å²) < 4.78 is 31.6. The highest BCUT2D eigenvalue weighted by atomic mass is 32.2. The molecule has 1 spiro atoms. The van der Waals surface area contributed by atoms with Crippen LogP contribution >= 0.6 is 0 Å². The number of imidazole rings is 1. The molecule has 0 bridgehead atoms. The molecule has 138 valence electrons. The van der Waals surface area contributed by atoms with E-state index >= 15 is 0 Å². The van der Waals surface area contributed by atoms with E-state index in [-0.39, 0.29) is 43.3 Å². The number of aryl methyl sites for hydroxylation is 1. The summed E-state index contributed by atoms with van der Waals surface area (Å²) in [6.45, 7) is 0.567. The second kappa shape index (κ2) is 6.04. The number of rotatable bonds is 4. The summed E-state index contributed by atoms with van der Waals surface area (Å²) in [7, 11) is -1.51. The molecule has 0 saturated carbocycles. The first-order chi connectivity index (χ1) is 12.4. The third-order valence-electron chi connectivity index (χ3n) is 5.18. The van der Waals surface area contributed by atoms with Gasteiger partial charge in [-0.3, -0.25) is 4.79 Å². The Hall–Kier alpha value is -2.49. The average molecular weight is 377 g/mol. The maximum Gasteiger partial charge on any atom is 0.316 e. The fraction of sp³-hybridized carbons (Fsp3) is 0.500. The van der Waals surface area contributed by atoms with Crippen LogP contribution < -0.4 is 4.74 Å². The lowest BCUT2D eigenvalue weighted by Crippen LogP contribution is -2.69. The Bertz CT molecular complexity index is 921. The number of sulfone groups is 1. The van der Waals surface area contributed by atoms with Crippen molar-refractivity contribution in [1.82, 2.24) is 24.4 Å². The van der Waals surface area contributed by atoms with Gasteiger partial charge in [0.05, 0.1) is 18.7 Å². The highest BCUT2D eigenvalue weighted by Gasteiger charge is 2.62. The highest BCUT2D eigenvalue weighted by Crippen LogP contribution is 2.45. The van der Waals surface area contributed by atoms with Crippen LogP contribution in [0.5, 0.6) is 6.01 Å². The van der Waals surface area contributed by atoms with Crippen LogP contribution in [-0.4, -0.2) is 68.9 Å². The van der Waals surface area contributed by atoms with Crippen LogP contribution in [0, 0.1) is 5.92 Å². The minimum atomic E-state index is -3.29. The van der Waals surface area contributed by atoms with Crippen molar-refractivity contribution in [3.8, 4) is 6.01 Å². The molecule has 2 saturated heterocycles. The number of carbonyl (C=O) groups is 1. The minimum absolute atomic E-state index is 0.113. The monoisotopic (exact) mass is 377 g/mol. The third-order valence-corrected chi connectivity index (χ3v) is 7.79. The van der Waals surface area contributed by atoms with E-state index in [0.717, 1.165) is 0 Å². The summed E-state index contributed by atoms with van der Waals surface area (Å²) in [5.41, 5.74) is 0.322. The van der Waals surface area contributed by atoms with Crippen LogP contribution in [0.25, 0.3) is 0 Å². The molecule has 0 aliphatic carbocycles. The normalized spacial score (nSPS) is 23.0. The van der Waals surface area contributed by atoms with Crippen LogP contribution in [0.1, 0.15) is 16.9 Å². The van der Waals surface area contributed by atoms with Gasteiger partial charge in [-0.25, -0.2) is 23.4 Å². The van der Waals surface area contributed by atoms with Crippen LogP contribution in [-0.2, 0) is 16.9 Å². The van der Waals surface area contributed by atoms with Gasteiger partial charge in [0.2, 0.25) is 0 Å². The smallest absolute Gasteiger partial charge is 0.316 e. The van der Waals surface area contributed by atoms with E-state index in [1.54, 1.807) is 42.6 Å². The number of hydrogen-bond acceptors (Lipinski definition) is 7. The van der Waals surface area contributed by atoms with Gasteiger partial charge < -0.3 is 14.2 Å². The molecule has 4 heterocycles. The summed E-state index contributed by atoms with van der Waals surface area (Å²) in [4.78, 5) is 26.1. The first-order valence-corrected chi connectivity index (χ1v) is 9.96. The van der Waals surface area contributed by atoms with Crippen LogP contribution in [0.4, 0.5) is 0 Å². The Labute approximate surface area is 150 Å². The Morgan fingerprint density at radius 3 is 2.69 bits per heavy atom. The highest BCUT2D eigenvalue weighted by molar-refractivity contribution is 7.93. The number of ether oxygens (including phenoxy) is 1. The van der Waals surface area contributed by atoms with Gasteiger partial charge in [-0.15, -0.1) is 0 Å². The number of nitrogens with zero attached hydrogens (tertiary/aromatic N) is 5. The molecule has 0 aromatic carbocycles. The molecule has 1 amide bonds. The number of hydrogen-bond donors (Lipinski definition) is 0. The van der Waals surface area contributed by atoms with Gasteiger partial charge in [0.25, 0.3) is 5.91 Å². The molecule has 10 heteroatoms. The minimum Gasteiger partial charge on any atom is -0.463 e. The van der Waals surface area contributed by atoms with Crippen LogP contribution in [0.3, 0.4) is 0 Å². The van der Waals surface area contributed by atoms with E-state index in [1.165, 1.54) is 4.90 Å². The summed E-state index contributed by atoms with van der Waals surface area (Å²) >= 11 is 0. The van der Waals surface area contributed by atoms with E-state index in [1.807, 2.05) is 0 Å². The van der Waals surface area contributed by atoms with Gasteiger partial charge in [-0.2, -0.15) is 0 Å². The molecule has 0 N–H and O–H groups in total. The van der Waals surface area contributed by atoms with Crippen LogP contribution in [0.2, 0.25) is 0 Å². The largest absolute Gasteiger partial charge is 0.463 e. The first-order valence-electron chi connectivity index (χ1n) is 8.31. The molecule has 2 aliphatic rings. The topological polar surface area (TPSA) is 107 Å². The van der Waals surface area contributed by atoms with Gasteiger partial charge >= 0.3 is 6.01 Å². The van der Waals surface area contributed by atoms with Crippen molar-refractivity contribution >= 4 is 15.7 Å². The number of likely N-dealkylation sites (tertiary alicyclic amines) is 1. The zero-order chi connectivity index (χ0) is 18.4. The summed E-state index contributed by atoms with van der Waals surface area (Å²) in [6.07, 6.45) is 6.83. The molecule has 26 heavy (non-hydrogen) atoms. The maximum atomic E-state index is 12.7. The zero-order valence-corrected chi connectivity index (χ0v) is 15.1. The van der Waals surface area contributed by atoms with Gasteiger partial charge in [0.1, 0.15) is 10.4 Å². The summed E-state index contributed by atoms with van der Waals surface area (Å²) in [5, 5.41) is 0. The molecule has 2 fully saturated rings. The Morgan fingerprint density at radius 2 is 2.04 bits per heavy atom. The molecule has 2 aliphatic heterocycles. The molecule has 2 aromatic heterocycles. The van der Waals surface area contributed by atoms with Gasteiger partial charge in [-0.05, 0) is 12.5 Å². The predicted octanol–water partition coefficient (Wildman–Crippen LogP) is -0.0816. The Balaban J connectivity index is 1.47. The van der Waals surface area contributed by atoms with Gasteiger partial charge in [0.15, 0.2) is 9.84 Å². The van der Waals surface area contributed by atoms with Crippen LogP contribution in [0.15, 0.2) is 31.0 Å². The van der Waals surface area contributed by atoms with E-state index < -0.39 is 14.6 Å². The lowest BCUT2D eigenvalue weighted by atomic mass is 9.83.